The van der Waals surface area contributed by atoms with Gasteiger partial charge in [-0.1, -0.05) is 0 Å². The molecule has 168 valence electrons. The van der Waals surface area contributed by atoms with Crippen molar-refractivity contribution in [2.24, 2.45) is 5.92 Å². The highest BCUT2D eigenvalue weighted by Gasteiger charge is 2.25. The quantitative estimate of drug-likeness (QED) is 0.630. The third kappa shape index (κ3) is 4.34. The minimum absolute atomic E-state index is 0.527. The molecule has 0 radical (unpaired) electrons. The number of imidazole rings is 1. The molecule has 3 aromatic rings. The fourth-order valence-electron chi connectivity index (χ4n) is 4.19. The summed E-state index contributed by atoms with van der Waals surface area (Å²) in [6.07, 6.45) is 7.67. The van der Waals surface area contributed by atoms with Gasteiger partial charge in [0, 0.05) is 37.7 Å². The summed E-state index contributed by atoms with van der Waals surface area (Å²) in [5, 5.41) is 3.31. The summed E-state index contributed by atoms with van der Waals surface area (Å²) in [7, 11) is 1.66. The largest absolute Gasteiger partial charge is 0.494 e. The van der Waals surface area contributed by atoms with E-state index in [1.165, 1.54) is 0 Å². The molecule has 2 aromatic heterocycles. The predicted octanol–water partition coefficient (Wildman–Crippen LogP) is 3.35. The zero-order chi connectivity index (χ0) is 21.9. The molecule has 9 nitrogen and oxygen atoms in total. The molecule has 0 spiro atoms. The van der Waals surface area contributed by atoms with E-state index in [0.717, 1.165) is 73.5 Å². The van der Waals surface area contributed by atoms with Gasteiger partial charge in [0.15, 0.2) is 11.6 Å². The number of hydrogen-bond donors (Lipinski definition) is 1. The molecule has 0 unspecified atom stereocenters. The van der Waals surface area contributed by atoms with Crippen LogP contribution in [0.1, 0.15) is 18.5 Å². The van der Waals surface area contributed by atoms with Gasteiger partial charge in [-0.05, 0) is 37.8 Å². The second-order valence-corrected chi connectivity index (χ2v) is 8.17. The number of methoxy groups -OCH3 is 1. The number of hydrogen-bond acceptors (Lipinski definition) is 8. The van der Waals surface area contributed by atoms with Crippen molar-refractivity contribution in [3.8, 4) is 17.2 Å². The second-order valence-electron chi connectivity index (χ2n) is 8.17. The van der Waals surface area contributed by atoms with Gasteiger partial charge >= 0.3 is 0 Å². The maximum absolute atomic E-state index is 5.80. The van der Waals surface area contributed by atoms with Crippen molar-refractivity contribution >= 4 is 17.5 Å². The Morgan fingerprint density at radius 1 is 1.19 bits per heavy atom. The van der Waals surface area contributed by atoms with Crippen LogP contribution in [0.5, 0.6) is 11.5 Å². The van der Waals surface area contributed by atoms with Gasteiger partial charge in [-0.3, -0.25) is 0 Å². The Hall–Kier alpha value is -3.33. The molecule has 0 aliphatic carbocycles. The monoisotopic (exact) mass is 436 g/mol. The molecule has 4 heterocycles. The van der Waals surface area contributed by atoms with Gasteiger partial charge < -0.3 is 29.0 Å². The number of nitrogens with zero attached hydrogens (tertiary/aromatic N) is 5. The van der Waals surface area contributed by atoms with E-state index < -0.39 is 0 Å². The molecule has 5 rings (SSSR count). The van der Waals surface area contributed by atoms with Crippen molar-refractivity contribution in [2.75, 3.05) is 50.2 Å². The number of aromatic nitrogens is 4. The van der Waals surface area contributed by atoms with Crippen molar-refractivity contribution < 1.29 is 14.2 Å². The molecule has 1 saturated heterocycles. The number of anilines is 3. The van der Waals surface area contributed by atoms with Crippen molar-refractivity contribution in [1.82, 2.24) is 19.5 Å². The molecular weight excluding hydrogens is 408 g/mol. The lowest BCUT2D eigenvalue weighted by atomic mass is 9.99. The van der Waals surface area contributed by atoms with Gasteiger partial charge in [-0.2, -0.15) is 4.98 Å². The van der Waals surface area contributed by atoms with Crippen LogP contribution in [0.25, 0.3) is 5.69 Å². The SMILES string of the molecule is COc1cc(Nc2ncc3c(n2)N(CC2CCOCC2)CCO3)ccc1-n1cnc(C)c1. The number of nitrogens with one attached hydrogen (secondary N) is 1. The van der Waals surface area contributed by atoms with Crippen LogP contribution in [0.2, 0.25) is 0 Å². The van der Waals surface area contributed by atoms with Crippen LogP contribution < -0.4 is 19.7 Å². The predicted molar refractivity (Wildman–Crippen MR) is 121 cm³/mol. The summed E-state index contributed by atoms with van der Waals surface area (Å²) in [6.45, 7) is 6.08. The molecule has 0 amide bonds. The number of ether oxygens (including phenoxy) is 3. The van der Waals surface area contributed by atoms with E-state index >= 15 is 0 Å². The zero-order valence-electron chi connectivity index (χ0n) is 18.5. The van der Waals surface area contributed by atoms with Crippen molar-refractivity contribution in [1.29, 1.82) is 0 Å². The highest BCUT2D eigenvalue weighted by atomic mass is 16.5. The molecule has 0 atom stereocenters. The molecule has 1 N–H and O–H groups in total. The van der Waals surface area contributed by atoms with Crippen molar-refractivity contribution in [3.63, 3.8) is 0 Å². The molecular formula is C23H28N6O3. The molecule has 1 fully saturated rings. The van der Waals surface area contributed by atoms with Gasteiger partial charge in [-0.15, -0.1) is 0 Å². The first-order valence-electron chi connectivity index (χ1n) is 11.0. The van der Waals surface area contributed by atoms with Crippen LogP contribution in [0.3, 0.4) is 0 Å². The third-order valence-electron chi connectivity index (χ3n) is 5.90. The first kappa shape index (κ1) is 20.6. The Kier molecular flexibility index (Phi) is 5.81. The summed E-state index contributed by atoms with van der Waals surface area (Å²) < 4.78 is 18.9. The molecule has 0 saturated carbocycles. The lowest BCUT2D eigenvalue weighted by Gasteiger charge is -2.34. The molecule has 2 aliphatic heterocycles. The minimum Gasteiger partial charge on any atom is -0.494 e. The van der Waals surface area contributed by atoms with E-state index in [1.807, 2.05) is 35.9 Å². The highest BCUT2D eigenvalue weighted by Crippen LogP contribution is 2.33. The fourth-order valence-corrected chi connectivity index (χ4v) is 4.19. The summed E-state index contributed by atoms with van der Waals surface area (Å²) >= 11 is 0. The zero-order valence-corrected chi connectivity index (χ0v) is 18.5. The molecule has 2 aliphatic rings. The minimum atomic E-state index is 0.527. The van der Waals surface area contributed by atoms with Gasteiger partial charge in [-0.25, -0.2) is 9.97 Å². The normalized spacial score (nSPS) is 16.4. The Balaban J connectivity index is 1.36. The van der Waals surface area contributed by atoms with Gasteiger partial charge in [0.2, 0.25) is 5.95 Å². The average molecular weight is 437 g/mol. The van der Waals surface area contributed by atoms with Crippen molar-refractivity contribution in [2.45, 2.75) is 19.8 Å². The van der Waals surface area contributed by atoms with Crippen LogP contribution in [0, 0.1) is 12.8 Å². The molecule has 0 bridgehead atoms. The standard InChI is InChI=1S/C23H28N6O3/c1-16-13-29(15-25-16)19-4-3-18(11-20(19)30-2)26-23-24-12-21-22(27-23)28(7-10-32-21)14-17-5-8-31-9-6-17/h3-4,11-13,15,17H,5-10,14H2,1-2H3,(H,24,26,27). The number of rotatable bonds is 6. The Labute approximate surface area is 187 Å². The molecule has 9 heteroatoms. The van der Waals surface area contributed by atoms with Gasteiger partial charge in [0.1, 0.15) is 12.4 Å². The van der Waals surface area contributed by atoms with Crippen LogP contribution >= 0.6 is 0 Å². The van der Waals surface area contributed by atoms with Crippen LogP contribution in [0.4, 0.5) is 17.5 Å². The lowest BCUT2D eigenvalue weighted by molar-refractivity contribution is 0.0677. The first-order chi connectivity index (χ1) is 15.7. The Morgan fingerprint density at radius 2 is 2.06 bits per heavy atom. The average Bonchev–Trinajstić information content (AvgIpc) is 3.26. The van der Waals surface area contributed by atoms with Gasteiger partial charge in [0.05, 0.1) is 37.6 Å². The Morgan fingerprint density at radius 3 is 2.84 bits per heavy atom. The fraction of sp³-hybridized carbons (Fsp3) is 0.435. The number of aryl methyl sites for hydroxylation is 1. The summed E-state index contributed by atoms with van der Waals surface area (Å²) in [6, 6.07) is 5.90. The Bertz CT molecular complexity index is 1080. The smallest absolute Gasteiger partial charge is 0.229 e. The van der Waals surface area contributed by atoms with E-state index in [1.54, 1.807) is 19.6 Å². The highest BCUT2D eigenvalue weighted by molar-refractivity contribution is 5.64. The topological polar surface area (TPSA) is 86.6 Å². The maximum Gasteiger partial charge on any atom is 0.229 e. The summed E-state index contributed by atoms with van der Waals surface area (Å²) in [5.74, 6) is 3.45. The van der Waals surface area contributed by atoms with E-state index in [2.05, 4.69) is 20.2 Å². The number of fused-ring (bicyclic) bond motifs is 1. The van der Waals surface area contributed by atoms with Gasteiger partial charge in [0.25, 0.3) is 0 Å². The first-order valence-corrected chi connectivity index (χ1v) is 11.0. The van der Waals surface area contributed by atoms with Crippen molar-refractivity contribution in [3.05, 3.63) is 42.6 Å². The molecule has 1 aromatic carbocycles. The third-order valence-corrected chi connectivity index (χ3v) is 5.90. The van der Waals surface area contributed by atoms with Crippen LogP contribution in [-0.2, 0) is 4.74 Å². The van der Waals surface area contributed by atoms with Crippen LogP contribution in [-0.4, -0.2) is 59.5 Å². The second kappa shape index (κ2) is 9.04. The van der Waals surface area contributed by atoms with E-state index in [0.29, 0.717) is 18.5 Å². The van der Waals surface area contributed by atoms with E-state index in [9.17, 15) is 0 Å². The van der Waals surface area contributed by atoms with Crippen LogP contribution in [0.15, 0.2) is 36.9 Å². The molecule has 32 heavy (non-hydrogen) atoms. The number of benzene rings is 1. The lowest BCUT2D eigenvalue weighted by Crippen LogP contribution is -2.38. The maximum atomic E-state index is 5.80. The summed E-state index contributed by atoms with van der Waals surface area (Å²) in [5.41, 5.74) is 2.71. The summed E-state index contributed by atoms with van der Waals surface area (Å²) in [4.78, 5) is 15.9. The van der Waals surface area contributed by atoms with E-state index in [4.69, 9.17) is 19.2 Å². The van der Waals surface area contributed by atoms with E-state index in [-0.39, 0.29) is 0 Å².